The maximum Gasteiger partial charge on any atom is 0.289 e. The van der Waals surface area contributed by atoms with Gasteiger partial charge in [0, 0.05) is 29.7 Å². The fourth-order valence-electron chi connectivity index (χ4n) is 3.63. The molecule has 2 aromatic heterocycles. The van der Waals surface area contributed by atoms with Gasteiger partial charge in [0.25, 0.3) is 11.8 Å². The first-order valence-corrected chi connectivity index (χ1v) is 11.2. The number of thiazole rings is 1. The van der Waals surface area contributed by atoms with Gasteiger partial charge in [-0.25, -0.2) is 0 Å². The zero-order valence-electron chi connectivity index (χ0n) is 18.3. The number of hydrogen-bond donors (Lipinski definition) is 0. The van der Waals surface area contributed by atoms with Crippen molar-refractivity contribution in [2.24, 2.45) is 4.99 Å². The van der Waals surface area contributed by atoms with E-state index in [9.17, 15) is 9.59 Å². The lowest BCUT2D eigenvalue weighted by molar-refractivity contribution is 0.0759. The van der Waals surface area contributed by atoms with Gasteiger partial charge in [-0.2, -0.15) is 4.99 Å². The summed E-state index contributed by atoms with van der Waals surface area (Å²) in [7, 11) is 3.06. The minimum absolute atomic E-state index is 0.0747. The van der Waals surface area contributed by atoms with Gasteiger partial charge in [0.15, 0.2) is 22.1 Å². The number of methoxy groups -OCH3 is 2. The molecule has 0 N–H and O–H groups in total. The Morgan fingerprint density at radius 3 is 2.56 bits per heavy atom. The molecule has 1 aliphatic rings. The Bertz CT molecular complexity index is 1200. The minimum atomic E-state index is -0.383. The molecule has 1 saturated heterocycles. The smallest absolute Gasteiger partial charge is 0.289 e. The van der Waals surface area contributed by atoms with Crippen LogP contribution in [0.4, 0.5) is 0 Å². The number of carbonyl (C=O) groups excluding carboxylic acids is 2. The largest absolute Gasteiger partial charge is 0.493 e. The van der Waals surface area contributed by atoms with Crippen LogP contribution >= 0.6 is 11.3 Å². The lowest BCUT2D eigenvalue weighted by Crippen LogP contribution is -2.27. The molecule has 0 aliphatic carbocycles. The van der Waals surface area contributed by atoms with Gasteiger partial charge in [-0.05, 0) is 50.1 Å². The van der Waals surface area contributed by atoms with Crippen molar-refractivity contribution < 1.29 is 23.5 Å². The number of benzene rings is 1. The van der Waals surface area contributed by atoms with E-state index in [4.69, 9.17) is 13.9 Å². The molecule has 2 amide bonds. The Labute approximate surface area is 189 Å². The molecule has 8 nitrogen and oxygen atoms in total. The van der Waals surface area contributed by atoms with Crippen molar-refractivity contribution in [2.45, 2.75) is 26.3 Å². The van der Waals surface area contributed by atoms with Gasteiger partial charge in [0.1, 0.15) is 5.76 Å². The van der Waals surface area contributed by atoms with Crippen LogP contribution in [0.25, 0.3) is 0 Å². The first-order chi connectivity index (χ1) is 15.5. The first-order valence-electron chi connectivity index (χ1n) is 10.3. The molecule has 0 spiro atoms. The van der Waals surface area contributed by atoms with E-state index in [1.807, 2.05) is 21.8 Å². The summed E-state index contributed by atoms with van der Waals surface area (Å²) in [5.41, 5.74) is 1.34. The van der Waals surface area contributed by atoms with Crippen LogP contribution in [-0.4, -0.2) is 48.6 Å². The Hall–Kier alpha value is -3.33. The summed E-state index contributed by atoms with van der Waals surface area (Å²) >= 11 is 1.37. The zero-order valence-corrected chi connectivity index (χ0v) is 19.1. The monoisotopic (exact) mass is 455 g/mol. The molecule has 3 heterocycles. The molecule has 4 rings (SSSR count). The predicted molar refractivity (Wildman–Crippen MR) is 119 cm³/mol. The van der Waals surface area contributed by atoms with Gasteiger partial charge in [0.2, 0.25) is 0 Å². The summed E-state index contributed by atoms with van der Waals surface area (Å²) < 4.78 is 18.2. The maximum atomic E-state index is 12.8. The van der Waals surface area contributed by atoms with Crippen LogP contribution in [0.1, 0.15) is 45.2 Å². The maximum absolute atomic E-state index is 12.8. The van der Waals surface area contributed by atoms with Gasteiger partial charge < -0.3 is 23.4 Å². The van der Waals surface area contributed by atoms with Gasteiger partial charge in [-0.1, -0.05) is 0 Å². The fourth-order valence-corrected chi connectivity index (χ4v) is 4.50. The molecule has 0 atom stereocenters. The number of nitrogens with zero attached hydrogens (tertiary/aromatic N) is 3. The van der Waals surface area contributed by atoms with Gasteiger partial charge in [0.05, 0.1) is 20.8 Å². The molecule has 0 saturated carbocycles. The molecule has 1 aromatic carbocycles. The zero-order chi connectivity index (χ0) is 22.7. The Morgan fingerprint density at radius 2 is 1.84 bits per heavy atom. The third kappa shape index (κ3) is 4.47. The van der Waals surface area contributed by atoms with Crippen molar-refractivity contribution in [3.63, 3.8) is 0 Å². The topological polar surface area (TPSA) is 86.3 Å². The summed E-state index contributed by atoms with van der Waals surface area (Å²) in [6.45, 7) is 3.86. The second kappa shape index (κ2) is 9.44. The molecule has 1 fully saturated rings. The van der Waals surface area contributed by atoms with Crippen LogP contribution in [0.15, 0.2) is 45.1 Å². The molecule has 3 aromatic rings. The number of amides is 2. The van der Waals surface area contributed by atoms with Crippen molar-refractivity contribution in [3.05, 3.63) is 63.3 Å². The van der Waals surface area contributed by atoms with Crippen LogP contribution in [0.5, 0.6) is 11.5 Å². The molecule has 1 aliphatic heterocycles. The second-order valence-electron chi connectivity index (χ2n) is 7.50. The minimum Gasteiger partial charge on any atom is -0.493 e. The number of furan rings is 1. The van der Waals surface area contributed by atoms with Crippen LogP contribution in [0, 0.1) is 6.92 Å². The molecule has 168 valence electrons. The van der Waals surface area contributed by atoms with E-state index in [1.165, 1.54) is 18.4 Å². The summed E-state index contributed by atoms with van der Waals surface area (Å²) in [6.07, 6.45) is 2.06. The van der Waals surface area contributed by atoms with Gasteiger partial charge in [-0.15, -0.1) is 11.3 Å². The third-order valence-corrected chi connectivity index (χ3v) is 6.38. The molecular weight excluding hydrogens is 430 g/mol. The number of aromatic nitrogens is 1. The molecular formula is C23H25N3O5S. The average Bonchev–Trinajstić information content (AvgIpc) is 3.57. The van der Waals surface area contributed by atoms with Crippen LogP contribution in [-0.2, 0) is 6.54 Å². The number of ether oxygens (including phenoxy) is 2. The molecule has 0 radical (unpaired) electrons. The van der Waals surface area contributed by atoms with Crippen molar-refractivity contribution >= 4 is 23.2 Å². The Kier molecular flexibility index (Phi) is 6.45. The number of rotatable bonds is 6. The number of likely N-dealkylation sites (tertiary alicyclic amines) is 1. The van der Waals surface area contributed by atoms with E-state index in [1.54, 1.807) is 37.4 Å². The van der Waals surface area contributed by atoms with Gasteiger partial charge >= 0.3 is 0 Å². The number of carbonyl (C=O) groups is 2. The van der Waals surface area contributed by atoms with E-state index in [0.29, 0.717) is 39.9 Å². The molecule has 32 heavy (non-hydrogen) atoms. The van der Waals surface area contributed by atoms with E-state index < -0.39 is 0 Å². The summed E-state index contributed by atoms with van der Waals surface area (Å²) in [4.78, 5) is 32.0. The van der Waals surface area contributed by atoms with Crippen molar-refractivity contribution in [3.8, 4) is 11.5 Å². The van der Waals surface area contributed by atoms with E-state index >= 15 is 0 Å². The van der Waals surface area contributed by atoms with Crippen LogP contribution in [0.2, 0.25) is 0 Å². The third-order valence-electron chi connectivity index (χ3n) is 5.40. The standard InChI is InChI=1S/C23H25N3O5S/c1-15-14-32-23(24-21(27)16-6-8-18(29-2)20(12-16)30-3)26(15)13-17-7-9-19(31-17)22(28)25-10-4-5-11-25/h6-9,12,14H,4-5,10-11,13H2,1-3H3. The summed E-state index contributed by atoms with van der Waals surface area (Å²) in [5, 5.41) is 1.93. The van der Waals surface area contributed by atoms with E-state index in [0.717, 1.165) is 31.6 Å². The van der Waals surface area contributed by atoms with Crippen molar-refractivity contribution in [1.29, 1.82) is 0 Å². The van der Waals surface area contributed by atoms with Crippen LogP contribution in [0.3, 0.4) is 0 Å². The van der Waals surface area contributed by atoms with Gasteiger partial charge in [-0.3, -0.25) is 9.59 Å². The summed E-state index contributed by atoms with van der Waals surface area (Å²) in [6, 6.07) is 8.45. The highest BCUT2D eigenvalue weighted by molar-refractivity contribution is 7.07. The van der Waals surface area contributed by atoms with E-state index in [2.05, 4.69) is 4.99 Å². The number of aryl methyl sites for hydroxylation is 1. The Balaban J connectivity index is 1.57. The average molecular weight is 456 g/mol. The summed E-state index contributed by atoms with van der Waals surface area (Å²) in [5.74, 6) is 1.53. The lowest BCUT2D eigenvalue weighted by atomic mass is 10.2. The molecule has 0 bridgehead atoms. The number of hydrogen-bond acceptors (Lipinski definition) is 6. The van der Waals surface area contributed by atoms with Crippen molar-refractivity contribution in [2.75, 3.05) is 27.3 Å². The first kappa shape index (κ1) is 21.9. The second-order valence-corrected chi connectivity index (χ2v) is 8.33. The Morgan fingerprint density at radius 1 is 1.09 bits per heavy atom. The molecule has 0 unspecified atom stereocenters. The fraction of sp³-hybridized carbons (Fsp3) is 0.348. The molecule has 9 heteroatoms. The quantitative estimate of drug-likeness (QED) is 0.568. The highest BCUT2D eigenvalue weighted by Gasteiger charge is 2.22. The normalized spacial score (nSPS) is 14.1. The lowest BCUT2D eigenvalue weighted by Gasteiger charge is -2.12. The van der Waals surface area contributed by atoms with Crippen LogP contribution < -0.4 is 14.3 Å². The SMILES string of the molecule is COc1ccc(C(=O)N=c2scc(C)n2Cc2ccc(C(=O)N3CCCC3)o2)cc1OC. The van der Waals surface area contributed by atoms with E-state index in [-0.39, 0.29) is 11.8 Å². The highest BCUT2D eigenvalue weighted by Crippen LogP contribution is 2.27. The van der Waals surface area contributed by atoms with Crippen molar-refractivity contribution in [1.82, 2.24) is 9.47 Å². The highest BCUT2D eigenvalue weighted by atomic mass is 32.1. The predicted octanol–water partition coefficient (Wildman–Crippen LogP) is 3.49.